The van der Waals surface area contributed by atoms with Crippen molar-refractivity contribution in [2.24, 2.45) is 0 Å². The summed E-state index contributed by atoms with van der Waals surface area (Å²) >= 11 is 0. The number of aryl methyl sites for hydroxylation is 1. The first-order valence-electron chi connectivity index (χ1n) is 6.28. The highest BCUT2D eigenvalue weighted by Gasteiger charge is 2.34. The minimum Gasteiger partial charge on any atom is -0.479 e. The van der Waals surface area contributed by atoms with Crippen molar-refractivity contribution in [2.45, 2.75) is 38.0 Å². The van der Waals surface area contributed by atoms with Gasteiger partial charge in [-0.15, -0.1) is 0 Å². The molecule has 104 valence electrons. The van der Waals surface area contributed by atoms with Gasteiger partial charge in [-0.1, -0.05) is 0 Å². The van der Waals surface area contributed by atoms with Crippen LogP contribution in [0, 0.1) is 0 Å². The van der Waals surface area contributed by atoms with Gasteiger partial charge in [0.25, 0.3) is 0 Å². The molecule has 0 aromatic carbocycles. The quantitative estimate of drug-likeness (QED) is 0.709. The highest BCUT2D eigenvalue weighted by Crippen LogP contribution is 2.19. The van der Waals surface area contributed by atoms with Gasteiger partial charge < -0.3 is 19.7 Å². The van der Waals surface area contributed by atoms with Crippen molar-refractivity contribution in [2.75, 3.05) is 6.54 Å². The van der Waals surface area contributed by atoms with Crippen molar-refractivity contribution in [3.05, 3.63) is 18.7 Å². The summed E-state index contributed by atoms with van der Waals surface area (Å²) in [6.07, 6.45) is 5.45. The number of amides is 1. The monoisotopic (exact) mass is 267 g/mol. The first-order chi connectivity index (χ1) is 9.16. The van der Waals surface area contributed by atoms with Gasteiger partial charge in [-0.05, 0) is 19.3 Å². The number of carbonyl (C=O) groups is 2. The van der Waals surface area contributed by atoms with E-state index in [1.165, 1.54) is 0 Å². The van der Waals surface area contributed by atoms with Gasteiger partial charge in [0.1, 0.15) is 6.10 Å². The van der Waals surface area contributed by atoms with Crippen LogP contribution < -0.4 is 5.32 Å². The molecule has 1 saturated heterocycles. The lowest BCUT2D eigenvalue weighted by Crippen LogP contribution is -2.36. The molecule has 7 nitrogen and oxygen atoms in total. The molecule has 1 aromatic rings. The number of rotatable bonds is 6. The van der Waals surface area contributed by atoms with E-state index in [1.807, 2.05) is 10.8 Å². The summed E-state index contributed by atoms with van der Waals surface area (Å²) in [6.45, 7) is 1.32. The molecule has 0 bridgehead atoms. The maximum atomic E-state index is 11.7. The normalized spacial score (nSPS) is 22.3. The molecule has 19 heavy (non-hydrogen) atoms. The molecular formula is C12H17N3O4. The van der Waals surface area contributed by atoms with Gasteiger partial charge in [0.05, 0.1) is 6.33 Å². The number of aromatic nitrogens is 2. The zero-order valence-electron chi connectivity index (χ0n) is 10.5. The van der Waals surface area contributed by atoms with E-state index in [9.17, 15) is 9.59 Å². The van der Waals surface area contributed by atoms with E-state index in [4.69, 9.17) is 9.84 Å². The van der Waals surface area contributed by atoms with Gasteiger partial charge in [-0.2, -0.15) is 0 Å². The van der Waals surface area contributed by atoms with Crippen LogP contribution in [0.3, 0.4) is 0 Å². The maximum Gasteiger partial charge on any atom is 0.332 e. The molecular weight excluding hydrogens is 250 g/mol. The van der Waals surface area contributed by atoms with Crippen LogP contribution >= 0.6 is 0 Å². The summed E-state index contributed by atoms with van der Waals surface area (Å²) in [6, 6.07) is 0. The third-order valence-electron chi connectivity index (χ3n) is 3.04. The smallest absolute Gasteiger partial charge is 0.332 e. The fourth-order valence-electron chi connectivity index (χ4n) is 2.02. The molecule has 2 heterocycles. The summed E-state index contributed by atoms with van der Waals surface area (Å²) in [7, 11) is 0. The second-order valence-electron chi connectivity index (χ2n) is 4.47. The molecule has 2 N–H and O–H groups in total. The Bertz CT molecular complexity index is 432. The van der Waals surface area contributed by atoms with Crippen LogP contribution in [0.25, 0.3) is 0 Å². The standard InChI is InChI=1S/C12H17N3O4/c16-11(9-2-3-10(19-9)12(17)18)14-4-1-6-15-7-5-13-8-15/h5,7-10H,1-4,6H2,(H,14,16)(H,17,18)/t9-,10+/m0/s1. The number of aliphatic carboxylic acids is 1. The summed E-state index contributed by atoms with van der Waals surface area (Å²) in [5.41, 5.74) is 0. The summed E-state index contributed by atoms with van der Waals surface area (Å²) in [5.74, 6) is -1.23. The van der Waals surface area contributed by atoms with E-state index in [0.717, 1.165) is 13.0 Å². The topological polar surface area (TPSA) is 93.5 Å². The number of hydrogen-bond acceptors (Lipinski definition) is 4. The van der Waals surface area contributed by atoms with Gasteiger partial charge in [0.15, 0.2) is 6.10 Å². The van der Waals surface area contributed by atoms with Crippen LogP contribution in [0.2, 0.25) is 0 Å². The Balaban J connectivity index is 1.63. The number of carbonyl (C=O) groups excluding carboxylic acids is 1. The molecule has 0 spiro atoms. The third-order valence-corrected chi connectivity index (χ3v) is 3.04. The molecule has 2 atom stereocenters. The first-order valence-corrected chi connectivity index (χ1v) is 6.28. The third kappa shape index (κ3) is 3.78. The summed E-state index contributed by atoms with van der Waals surface area (Å²) in [5, 5.41) is 11.5. The van der Waals surface area contributed by atoms with Crippen LogP contribution in [0.4, 0.5) is 0 Å². The second kappa shape index (κ2) is 6.33. The van der Waals surface area contributed by atoms with Crippen molar-refractivity contribution in [1.29, 1.82) is 0 Å². The Morgan fingerprint density at radius 1 is 1.42 bits per heavy atom. The van der Waals surface area contributed by atoms with Crippen molar-refractivity contribution in [3.8, 4) is 0 Å². The van der Waals surface area contributed by atoms with E-state index >= 15 is 0 Å². The SMILES string of the molecule is O=C(NCCCn1ccnc1)[C@@H]1CC[C@H](C(=O)O)O1. The predicted octanol–water partition coefficient (Wildman–Crippen LogP) is 0.0216. The van der Waals surface area contributed by atoms with Crippen molar-refractivity contribution < 1.29 is 19.4 Å². The molecule has 1 fully saturated rings. The van der Waals surface area contributed by atoms with E-state index in [1.54, 1.807) is 12.5 Å². The van der Waals surface area contributed by atoms with Gasteiger partial charge in [-0.25, -0.2) is 9.78 Å². The predicted molar refractivity (Wildman–Crippen MR) is 65.4 cm³/mol. The molecule has 2 rings (SSSR count). The van der Waals surface area contributed by atoms with E-state index in [0.29, 0.717) is 19.4 Å². The van der Waals surface area contributed by atoms with Gasteiger partial charge in [0.2, 0.25) is 5.91 Å². The maximum absolute atomic E-state index is 11.7. The van der Waals surface area contributed by atoms with Crippen LogP contribution in [0.1, 0.15) is 19.3 Å². The van der Waals surface area contributed by atoms with Crippen LogP contribution in [-0.4, -0.2) is 45.3 Å². The fourth-order valence-corrected chi connectivity index (χ4v) is 2.02. The summed E-state index contributed by atoms with van der Waals surface area (Å²) < 4.78 is 7.09. The van der Waals surface area contributed by atoms with Gasteiger partial charge in [0, 0.05) is 25.5 Å². The molecule has 0 aliphatic carbocycles. The number of carboxylic acid groups (broad SMARTS) is 1. The lowest BCUT2D eigenvalue weighted by Gasteiger charge is -2.11. The Kier molecular flexibility index (Phi) is 4.51. The number of imidazole rings is 1. The molecule has 1 aliphatic rings. The second-order valence-corrected chi connectivity index (χ2v) is 4.47. The van der Waals surface area contributed by atoms with Crippen LogP contribution in [0.5, 0.6) is 0 Å². The Labute approximate surface area is 110 Å². The lowest BCUT2D eigenvalue weighted by molar-refractivity contribution is -0.151. The fraction of sp³-hybridized carbons (Fsp3) is 0.583. The number of nitrogens with zero attached hydrogens (tertiary/aromatic N) is 2. The molecule has 0 radical (unpaired) electrons. The zero-order chi connectivity index (χ0) is 13.7. The Morgan fingerprint density at radius 2 is 2.21 bits per heavy atom. The largest absolute Gasteiger partial charge is 0.479 e. The minimum absolute atomic E-state index is 0.227. The molecule has 0 saturated carbocycles. The minimum atomic E-state index is -1.00. The van der Waals surface area contributed by atoms with E-state index in [2.05, 4.69) is 10.3 Å². The molecule has 0 unspecified atom stereocenters. The average Bonchev–Trinajstić information content (AvgIpc) is 3.05. The first kappa shape index (κ1) is 13.5. The number of ether oxygens (including phenoxy) is 1. The lowest BCUT2D eigenvalue weighted by atomic mass is 10.2. The van der Waals surface area contributed by atoms with Crippen LogP contribution in [-0.2, 0) is 20.9 Å². The number of carboxylic acids is 1. The van der Waals surface area contributed by atoms with Crippen molar-refractivity contribution >= 4 is 11.9 Å². The van der Waals surface area contributed by atoms with Gasteiger partial charge >= 0.3 is 5.97 Å². The van der Waals surface area contributed by atoms with Crippen molar-refractivity contribution in [1.82, 2.24) is 14.9 Å². The number of hydrogen-bond donors (Lipinski definition) is 2. The Hall–Kier alpha value is -1.89. The van der Waals surface area contributed by atoms with Gasteiger partial charge in [-0.3, -0.25) is 4.79 Å². The van der Waals surface area contributed by atoms with Crippen LogP contribution in [0.15, 0.2) is 18.7 Å². The molecule has 1 amide bonds. The molecule has 7 heteroatoms. The molecule has 1 aromatic heterocycles. The zero-order valence-corrected chi connectivity index (χ0v) is 10.5. The highest BCUT2D eigenvalue weighted by atomic mass is 16.5. The highest BCUT2D eigenvalue weighted by molar-refractivity contribution is 5.82. The number of nitrogens with one attached hydrogen (secondary N) is 1. The average molecular weight is 267 g/mol. The summed E-state index contributed by atoms with van der Waals surface area (Å²) in [4.78, 5) is 26.3. The van der Waals surface area contributed by atoms with E-state index < -0.39 is 18.2 Å². The molecule has 1 aliphatic heterocycles. The van der Waals surface area contributed by atoms with Crippen molar-refractivity contribution in [3.63, 3.8) is 0 Å². The Morgan fingerprint density at radius 3 is 2.84 bits per heavy atom. The van der Waals surface area contributed by atoms with E-state index in [-0.39, 0.29) is 5.91 Å².